The normalized spacial score (nSPS) is 20.2. The number of nitrogens with one attached hydrogen (secondary N) is 1. The Balaban J connectivity index is 1.65. The fourth-order valence-corrected chi connectivity index (χ4v) is 5.65. The van der Waals surface area contributed by atoms with Gasteiger partial charge in [0.05, 0.1) is 12.3 Å². The van der Waals surface area contributed by atoms with Gasteiger partial charge in [-0.15, -0.1) is 0 Å². The van der Waals surface area contributed by atoms with E-state index in [1.807, 2.05) is 42.1 Å². The highest BCUT2D eigenvalue weighted by molar-refractivity contribution is 7.99. The van der Waals surface area contributed by atoms with Crippen LogP contribution in [0.3, 0.4) is 0 Å². The zero-order valence-corrected chi connectivity index (χ0v) is 16.8. The highest BCUT2D eigenvalue weighted by atomic mass is 32.2. The van der Waals surface area contributed by atoms with Crippen molar-refractivity contribution in [1.29, 1.82) is 0 Å². The summed E-state index contributed by atoms with van der Waals surface area (Å²) in [5.41, 5.74) is 0.979. The zero-order valence-electron chi connectivity index (χ0n) is 15.1. The van der Waals surface area contributed by atoms with Crippen molar-refractivity contribution >= 4 is 33.4 Å². The second kappa shape index (κ2) is 9.62. The SMILES string of the molecule is O=S(=O)(CCN=C(Nc1ccccc1)N1CCCCC1)N1CCSCC1. The Morgan fingerprint density at radius 1 is 1.04 bits per heavy atom. The van der Waals surface area contributed by atoms with E-state index in [0.29, 0.717) is 13.1 Å². The first kappa shape index (κ1) is 19.5. The van der Waals surface area contributed by atoms with Gasteiger partial charge in [0.15, 0.2) is 5.96 Å². The number of guanidine groups is 1. The molecule has 144 valence electrons. The molecule has 0 bridgehead atoms. The maximum Gasteiger partial charge on any atom is 0.215 e. The van der Waals surface area contributed by atoms with Crippen molar-refractivity contribution in [3.05, 3.63) is 30.3 Å². The Hall–Kier alpha value is -1.25. The Labute approximate surface area is 161 Å². The molecule has 8 heteroatoms. The van der Waals surface area contributed by atoms with Gasteiger partial charge in [-0.05, 0) is 31.4 Å². The van der Waals surface area contributed by atoms with E-state index < -0.39 is 10.0 Å². The van der Waals surface area contributed by atoms with Crippen LogP contribution in [0.2, 0.25) is 0 Å². The maximum atomic E-state index is 12.5. The molecule has 26 heavy (non-hydrogen) atoms. The van der Waals surface area contributed by atoms with Crippen LogP contribution in [-0.2, 0) is 10.0 Å². The molecule has 0 unspecified atom stereocenters. The molecule has 0 radical (unpaired) electrons. The molecule has 0 spiro atoms. The molecule has 1 N–H and O–H groups in total. The minimum absolute atomic E-state index is 0.0749. The van der Waals surface area contributed by atoms with Crippen molar-refractivity contribution in [1.82, 2.24) is 9.21 Å². The number of benzene rings is 1. The lowest BCUT2D eigenvalue weighted by Crippen LogP contribution is -2.41. The number of piperidine rings is 1. The van der Waals surface area contributed by atoms with E-state index in [0.717, 1.165) is 49.1 Å². The lowest BCUT2D eigenvalue weighted by molar-refractivity contribution is 0.340. The first-order valence-corrected chi connectivity index (χ1v) is 12.1. The molecule has 1 aromatic rings. The minimum Gasteiger partial charge on any atom is -0.343 e. The molecule has 1 aromatic carbocycles. The van der Waals surface area contributed by atoms with E-state index in [2.05, 4.69) is 15.2 Å². The van der Waals surface area contributed by atoms with Gasteiger partial charge >= 0.3 is 0 Å². The van der Waals surface area contributed by atoms with E-state index >= 15 is 0 Å². The second-order valence-electron chi connectivity index (χ2n) is 6.57. The number of hydrogen-bond acceptors (Lipinski definition) is 4. The van der Waals surface area contributed by atoms with Gasteiger partial charge in [-0.1, -0.05) is 18.2 Å². The molecule has 2 heterocycles. The summed E-state index contributed by atoms with van der Waals surface area (Å²) in [5.74, 6) is 2.64. The molecule has 2 aliphatic rings. The van der Waals surface area contributed by atoms with Gasteiger partial charge in [-0.25, -0.2) is 12.7 Å². The number of sulfonamides is 1. The van der Waals surface area contributed by atoms with Crippen molar-refractivity contribution in [3.8, 4) is 0 Å². The summed E-state index contributed by atoms with van der Waals surface area (Å²) >= 11 is 1.81. The molecule has 3 rings (SSSR count). The summed E-state index contributed by atoms with van der Waals surface area (Å²) in [5, 5.41) is 3.38. The topological polar surface area (TPSA) is 65.0 Å². The molecule has 0 aromatic heterocycles. The fourth-order valence-electron chi connectivity index (χ4n) is 3.20. The molecule has 0 amide bonds. The van der Waals surface area contributed by atoms with Crippen molar-refractivity contribution in [3.63, 3.8) is 0 Å². The minimum atomic E-state index is -3.22. The Kier molecular flexibility index (Phi) is 7.22. The zero-order chi connectivity index (χ0) is 18.2. The standard InChI is InChI=1S/C18H28N4O2S2/c23-26(24,22-12-14-25-15-13-22)16-9-19-18(21-10-5-2-6-11-21)20-17-7-3-1-4-8-17/h1,3-4,7-8H,2,5-6,9-16H2,(H,19,20). The average Bonchev–Trinajstić information content (AvgIpc) is 2.69. The van der Waals surface area contributed by atoms with Crippen molar-refractivity contribution in [2.75, 3.05) is 55.3 Å². The molecule has 0 saturated carbocycles. The summed E-state index contributed by atoms with van der Waals surface area (Å²) in [4.78, 5) is 6.88. The number of nitrogens with zero attached hydrogens (tertiary/aromatic N) is 3. The third-order valence-electron chi connectivity index (χ3n) is 4.66. The van der Waals surface area contributed by atoms with Crippen LogP contribution >= 0.6 is 11.8 Å². The van der Waals surface area contributed by atoms with E-state index in [4.69, 9.17) is 0 Å². The average molecular weight is 397 g/mol. The summed E-state index contributed by atoms with van der Waals surface area (Å²) < 4.78 is 26.6. The number of aliphatic imine (C=N–C) groups is 1. The molecular formula is C18H28N4O2S2. The van der Waals surface area contributed by atoms with Crippen LogP contribution in [0.5, 0.6) is 0 Å². The van der Waals surface area contributed by atoms with Gasteiger partial charge in [0.2, 0.25) is 10.0 Å². The van der Waals surface area contributed by atoms with Crippen molar-refractivity contribution in [2.24, 2.45) is 4.99 Å². The number of anilines is 1. The number of thioether (sulfide) groups is 1. The molecule has 0 atom stereocenters. The first-order valence-electron chi connectivity index (χ1n) is 9.32. The van der Waals surface area contributed by atoms with Crippen LogP contribution in [0.15, 0.2) is 35.3 Å². The van der Waals surface area contributed by atoms with E-state index in [9.17, 15) is 8.42 Å². The van der Waals surface area contributed by atoms with E-state index in [1.165, 1.54) is 6.42 Å². The van der Waals surface area contributed by atoms with Crippen LogP contribution in [0, 0.1) is 0 Å². The highest BCUT2D eigenvalue weighted by Crippen LogP contribution is 2.15. The van der Waals surface area contributed by atoms with E-state index in [-0.39, 0.29) is 12.3 Å². The van der Waals surface area contributed by atoms with Crippen LogP contribution in [-0.4, -0.2) is 73.6 Å². The fraction of sp³-hybridized carbons (Fsp3) is 0.611. The summed E-state index contributed by atoms with van der Waals surface area (Å²) in [7, 11) is -3.22. The van der Waals surface area contributed by atoms with Crippen LogP contribution in [0.25, 0.3) is 0 Å². The molecule has 2 aliphatic heterocycles. The van der Waals surface area contributed by atoms with Crippen LogP contribution < -0.4 is 5.32 Å². The monoisotopic (exact) mass is 396 g/mol. The van der Waals surface area contributed by atoms with Gasteiger partial charge in [0.1, 0.15) is 0 Å². The summed E-state index contributed by atoms with van der Waals surface area (Å²) in [6.07, 6.45) is 3.55. The molecular weight excluding hydrogens is 368 g/mol. The number of likely N-dealkylation sites (tertiary alicyclic amines) is 1. The van der Waals surface area contributed by atoms with Gasteiger partial charge in [-0.2, -0.15) is 11.8 Å². The highest BCUT2D eigenvalue weighted by Gasteiger charge is 2.24. The Bertz CT molecular complexity index is 682. The molecule has 2 fully saturated rings. The molecule has 6 nitrogen and oxygen atoms in total. The second-order valence-corrected chi connectivity index (χ2v) is 9.88. The lowest BCUT2D eigenvalue weighted by atomic mass is 10.1. The number of hydrogen-bond donors (Lipinski definition) is 1. The lowest BCUT2D eigenvalue weighted by Gasteiger charge is -2.30. The van der Waals surface area contributed by atoms with Gasteiger partial charge in [0.25, 0.3) is 0 Å². The smallest absolute Gasteiger partial charge is 0.215 e. The maximum absolute atomic E-state index is 12.5. The summed E-state index contributed by atoms with van der Waals surface area (Å²) in [6.45, 7) is 3.47. The quantitative estimate of drug-likeness (QED) is 0.611. The van der Waals surface area contributed by atoms with Crippen LogP contribution in [0.4, 0.5) is 5.69 Å². The molecule has 2 saturated heterocycles. The van der Waals surface area contributed by atoms with Gasteiger partial charge in [0, 0.05) is 43.4 Å². The van der Waals surface area contributed by atoms with Gasteiger partial charge < -0.3 is 10.2 Å². The van der Waals surface area contributed by atoms with Gasteiger partial charge in [-0.3, -0.25) is 4.99 Å². The predicted octanol–water partition coefficient (Wildman–Crippen LogP) is 2.32. The first-order chi connectivity index (χ1) is 12.6. The third-order valence-corrected chi connectivity index (χ3v) is 7.45. The predicted molar refractivity (Wildman–Crippen MR) is 110 cm³/mol. The third kappa shape index (κ3) is 5.62. The summed E-state index contributed by atoms with van der Waals surface area (Å²) in [6, 6.07) is 9.94. The Morgan fingerprint density at radius 2 is 1.73 bits per heavy atom. The Morgan fingerprint density at radius 3 is 2.42 bits per heavy atom. The van der Waals surface area contributed by atoms with Crippen molar-refractivity contribution in [2.45, 2.75) is 19.3 Å². The van der Waals surface area contributed by atoms with E-state index in [1.54, 1.807) is 4.31 Å². The van der Waals surface area contributed by atoms with Crippen molar-refractivity contribution < 1.29 is 8.42 Å². The largest absolute Gasteiger partial charge is 0.343 e. The molecule has 0 aliphatic carbocycles. The number of para-hydroxylation sites is 1. The number of rotatable bonds is 5. The van der Waals surface area contributed by atoms with Crippen LogP contribution in [0.1, 0.15) is 19.3 Å².